The average Bonchev–Trinajstić information content (AvgIpc) is 3.06. The van der Waals surface area contributed by atoms with E-state index in [2.05, 4.69) is 26.0 Å². The second-order valence-corrected chi connectivity index (χ2v) is 6.46. The van der Waals surface area contributed by atoms with Gasteiger partial charge in [-0.1, -0.05) is 29.8 Å². The Bertz CT molecular complexity index is 970. The van der Waals surface area contributed by atoms with Gasteiger partial charge in [0.25, 0.3) is 5.56 Å². The molecule has 0 saturated carbocycles. The molecule has 0 fully saturated rings. The number of allylic oxidation sites excluding steroid dienone is 1. The van der Waals surface area contributed by atoms with Gasteiger partial charge in [0, 0.05) is 16.6 Å². The van der Waals surface area contributed by atoms with Crippen LogP contribution in [0.2, 0.25) is 0 Å². The smallest absolute Gasteiger partial charge is 0.282 e. The molecule has 24 heavy (non-hydrogen) atoms. The van der Waals surface area contributed by atoms with E-state index in [1.54, 1.807) is 30.7 Å². The van der Waals surface area contributed by atoms with E-state index in [-0.39, 0.29) is 11.5 Å². The molecule has 0 unspecified atom stereocenters. The fourth-order valence-corrected chi connectivity index (χ4v) is 2.64. The van der Waals surface area contributed by atoms with E-state index in [1.165, 1.54) is 4.68 Å². The molecule has 1 aromatic carbocycles. The number of hydrogen-bond donors (Lipinski definition) is 0. The largest absolute Gasteiger partial charge is 0.465 e. The third-order valence-corrected chi connectivity index (χ3v) is 3.91. The molecule has 3 rings (SSSR count). The minimum absolute atomic E-state index is 0.0666. The molecule has 0 atom stereocenters. The van der Waals surface area contributed by atoms with Gasteiger partial charge in [-0.2, -0.15) is 9.78 Å². The van der Waals surface area contributed by atoms with Crippen molar-refractivity contribution in [1.29, 1.82) is 0 Å². The summed E-state index contributed by atoms with van der Waals surface area (Å²) in [6.45, 7) is 3.97. The molecule has 122 valence electrons. The highest BCUT2D eigenvalue weighted by Crippen LogP contribution is 2.18. The van der Waals surface area contributed by atoms with E-state index in [0.717, 1.165) is 10.2 Å². The molecule has 2 heterocycles. The van der Waals surface area contributed by atoms with Gasteiger partial charge in [0.05, 0.1) is 17.2 Å². The van der Waals surface area contributed by atoms with Crippen molar-refractivity contribution in [2.24, 2.45) is 5.10 Å². The van der Waals surface area contributed by atoms with Crippen molar-refractivity contribution >= 4 is 39.1 Å². The van der Waals surface area contributed by atoms with Crippen molar-refractivity contribution in [2.75, 3.05) is 0 Å². The van der Waals surface area contributed by atoms with Crippen LogP contribution in [-0.2, 0) is 0 Å². The minimum Gasteiger partial charge on any atom is -0.465 e. The first-order chi connectivity index (χ1) is 11.6. The van der Waals surface area contributed by atoms with Gasteiger partial charge in [0.1, 0.15) is 11.6 Å². The highest BCUT2D eigenvalue weighted by atomic mass is 79.9. The lowest BCUT2D eigenvalue weighted by Crippen LogP contribution is -2.23. The molecule has 0 aliphatic carbocycles. The molecule has 0 aliphatic rings. The number of halogens is 1. The molecule has 0 aliphatic heterocycles. The summed E-state index contributed by atoms with van der Waals surface area (Å²) in [4.78, 5) is 17.4. The topological polar surface area (TPSA) is 60.4 Å². The van der Waals surface area contributed by atoms with Crippen LogP contribution in [0.5, 0.6) is 0 Å². The first-order valence-electron chi connectivity index (χ1n) is 7.53. The summed E-state index contributed by atoms with van der Waals surface area (Å²) in [5, 5.41) is 4.81. The maximum atomic E-state index is 12.8. The quantitative estimate of drug-likeness (QED) is 0.624. The van der Waals surface area contributed by atoms with Crippen LogP contribution in [0.3, 0.4) is 0 Å². The van der Waals surface area contributed by atoms with Crippen molar-refractivity contribution in [1.82, 2.24) is 9.66 Å². The number of fused-ring (bicyclic) bond motifs is 1. The summed E-state index contributed by atoms with van der Waals surface area (Å²) in [5.74, 6) is 1.41. The monoisotopic (exact) mass is 385 g/mol. The molecule has 0 N–H and O–H groups in total. The van der Waals surface area contributed by atoms with Crippen molar-refractivity contribution in [3.8, 4) is 0 Å². The first-order valence-corrected chi connectivity index (χ1v) is 8.32. The lowest BCUT2D eigenvalue weighted by molar-refractivity contribution is 0.557. The second-order valence-electron chi connectivity index (χ2n) is 5.54. The van der Waals surface area contributed by atoms with Crippen molar-refractivity contribution in [3.05, 3.63) is 69.1 Å². The van der Waals surface area contributed by atoms with Gasteiger partial charge in [-0.15, -0.1) is 0 Å². The Morgan fingerprint density at radius 2 is 2.17 bits per heavy atom. The van der Waals surface area contributed by atoms with E-state index in [1.807, 2.05) is 38.1 Å². The van der Waals surface area contributed by atoms with E-state index in [0.29, 0.717) is 16.7 Å². The number of rotatable bonds is 4. The summed E-state index contributed by atoms with van der Waals surface area (Å²) in [6, 6.07) is 9.12. The lowest BCUT2D eigenvalue weighted by Gasteiger charge is -2.11. The van der Waals surface area contributed by atoms with Crippen molar-refractivity contribution in [2.45, 2.75) is 19.8 Å². The van der Waals surface area contributed by atoms with Gasteiger partial charge in [-0.3, -0.25) is 4.79 Å². The predicted octanol–water partition coefficient (Wildman–Crippen LogP) is 4.42. The summed E-state index contributed by atoms with van der Waals surface area (Å²) < 4.78 is 7.39. The molecule has 0 saturated heterocycles. The van der Waals surface area contributed by atoms with Crippen LogP contribution in [0.15, 0.2) is 61.5 Å². The van der Waals surface area contributed by atoms with Crippen LogP contribution in [0.25, 0.3) is 17.0 Å². The Labute approximate surface area is 147 Å². The van der Waals surface area contributed by atoms with E-state index in [9.17, 15) is 4.79 Å². The van der Waals surface area contributed by atoms with Crippen LogP contribution in [0.1, 0.15) is 31.4 Å². The molecule has 2 aromatic heterocycles. The Kier molecular flexibility index (Phi) is 4.76. The summed E-state index contributed by atoms with van der Waals surface area (Å²) in [7, 11) is 0. The maximum absolute atomic E-state index is 12.8. The van der Waals surface area contributed by atoms with Crippen LogP contribution in [0, 0.1) is 0 Å². The predicted molar refractivity (Wildman–Crippen MR) is 99.4 cm³/mol. The summed E-state index contributed by atoms with van der Waals surface area (Å²) in [5.41, 5.74) is 0.483. The SMILES string of the molecule is CC(C)c1nc2ccc(Br)cc2c(=O)n1N=C/C=C/c1ccco1. The zero-order valence-electron chi connectivity index (χ0n) is 13.3. The second kappa shape index (κ2) is 6.97. The summed E-state index contributed by atoms with van der Waals surface area (Å²) >= 11 is 3.39. The Balaban J connectivity index is 2.06. The number of furan rings is 1. The van der Waals surface area contributed by atoms with Crippen LogP contribution >= 0.6 is 15.9 Å². The normalized spacial score (nSPS) is 12.2. The van der Waals surface area contributed by atoms with E-state index >= 15 is 0 Å². The van der Waals surface area contributed by atoms with E-state index in [4.69, 9.17) is 4.42 Å². The Morgan fingerprint density at radius 1 is 1.33 bits per heavy atom. The van der Waals surface area contributed by atoms with Crippen molar-refractivity contribution in [3.63, 3.8) is 0 Å². The molecule has 5 nitrogen and oxygen atoms in total. The van der Waals surface area contributed by atoms with Crippen LogP contribution in [0.4, 0.5) is 0 Å². The number of aromatic nitrogens is 2. The number of nitrogens with zero attached hydrogens (tertiary/aromatic N) is 3. The van der Waals surface area contributed by atoms with Gasteiger partial charge in [-0.05, 0) is 42.5 Å². The van der Waals surface area contributed by atoms with Crippen LogP contribution < -0.4 is 5.56 Å². The van der Waals surface area contributed by atoms with Gasteiger partial charge >= 0.3 is 0 Å². The fraction of sp³-hybridized carbons (Fsp3) is 0.167. The molecular formula is C18H16BrN3O2. The van der Waals surface area contributed by atoms with Gasteiger partial charge in [0.2, 0.25) is 0 Å². The van der Waals surface area contributed by atoms with E-state index < -0.39 is 0 Å². The lowest BCUT2D eigenvalue weighted by atomic mass is 10.2. The number of benzene rings is 1. The first kappa shape index (κ1) is 16.4. The zero-order chi connectivity index (χ0) is 17.1. The van der Waals surface area contributed by atoms with Gasteiger partial charge in [-0.25, -0.2) is 4.98 Å². The fourth-order valence-electron chi connectivity index (χ4n) is 2.28. The molecule has 3 aromatic rings. The molecule has 0 spiro atoms. The maximum Gasteiger partial charge on any atom is 0.282 e. The highest BCUT2D eigenvalue weighted by molar-refractivity contribution is 9.10. The molecular weight excluding hydrogens is 370 g/mol. The van der Waals surface area contributed by atoms with Gasteiger partial charge in [0.15, 0.2) is 0 Å². The Hall–Kier alpha value is -2.47. The molecule has 6 heteroatoms. The average molecular weight is 386 g/mol. The molecule has 0 bridgehead atoms. The number of hydrogen-bond acceptors (Lipinski definition) is 4. The molecule has 0 radical (unpaired) electrons. The third-order valence-electron chi connectivity index (χ3n) is 3.42. The minimum atomic E-state index is -0.187. The summed E-state index contributed by atoms with van der Waals surface area (Å²) in [6.07, 6.45) is 6.65. The van der Waals surface area contributed by atoms with Gasteiger partial charge < -0.3 is 4.42 Å². The standard InChI is InChI=1S/C18H16BrN3O2/c1-12(2)17-21-16-8-7-13(19)11-15(16)18(23)22(17)20-9-3-5-14-6-4-10-24-14/h3-12H,1-2H3/b5-3+,20-9?. The Morgan fingerprint density at radius 3 is 2.88 bits per heavy atom. The molecule has 0 amide bonds. The third kappa shape index (κ3) is 3.38. The van der Waals surface area contributed by atoms with Crippen molar-refractivity contribution < 1.29 is 4.42 Å². The zero-order valence-corrected chi connectivity index (χ0v) is 14.9. The highest BCUT2D eigenvalue weighted by Gasteiger charge is 2.13. The van der Waals surface area contributed by atoms with Crippen LogP contribution in [-0.4, -0.2) is 15.9 Å².